The maximum absolute atomic E-state index is 13.3. The Morgan fingerprint density at radius 3 is 2.33 bits per heavy atom. The van der Waals surface area contributed by atoms with E-state index in [1.807, 2.05) is 6.92 Å². The van der Waals surface area contributed by atoms with Crippen LogP contribution in [-0.4, -0.2) is 26.3 Å². The molecule has 0 aliphatic carbocycles. The van der Waals surface area contributed by atoms with Gasteiger partial charge in [-0.2, -0.15) is 21.6 Å². The zero-order valence-electron chi connectivity index (χ0n) is 23.1. The maximum Gasteiger partial charge on any atom is 0.416 e. The molecule has 218 valence electrons. The van der Waals surface area contributed by atoms with Crippen LogP contribution in [0.1, 0.15) is 57.4 Å². The van der Waals surface area contributed by atoms with Gasteiger partial charge in [0.15, 0.2) is 11.5 Å². The maximum atomic E-state index is 13.3. The minimum Gasteiger partial charge on any atom is -0.493 e. The molecule has 0 aliphatic heterocycles. The number of alkyl halides is 3. The van der Waals surface area contributed by atoms with Crippen molar-refractivity contribution in [2.24, 2.45) is 11.3 Å². The Labute approximate surface area is 233 Å². The zero-order chi connectivity index (χ0) is 29.7. The van der Waals surface area contributed by atoms with Gasteiger partial charge in [0.2, 0.25) is 5.91 Å². The SMILES string of the molecule is COc1ccc(CN(Cc2ccco2)C(=O)CC(C)CC(C)(C)C)cc1OS(=O)(=O)c1cccc(C(F)(F)F)c1. The number of methoxy groups -OCH3 is 1. The quantitative estimate of drug-likeness (QED) is 0.225. The first-order valence-electron chi connectivity index (χ1n) is 12.7. The van der Waals surface area contributed by atoms with Gasteiger partial charge in [-0.05, 0) is 65.8 Å². The number of rotatable bonds is 11. The molecule has 0 fully saturated rings. The summed E-state index contributed by atoms with van der Waals surface area (Å²) in [6, 6.07) is 11.3. The molecule has 0 spiro atoms. The van der Waals surface area contributed by atoms with Crippen molar-refractivity contribution in [1.29, 1.82) is 0 Å². The first-order valence-corrected chi connectivity index (χ1v) is 14.1. The normalized spacial score (nSPS) is 13.1. The number of amides is 1. The predicted octanol–water partition coefficient (Wildman–Crippen LogP) is 7.07. The van der Waals surface area contributed by atoms with Crippen molar-refractivity contribution in [3.05, 3.63) is 77.7 Å². The van der Waals surface area contributed by atoms with Crippen molar-refractivity contribution >= 4 is 16.0 Å². The van der Waals surface area contributed by atoms with Gasteiger partial charge in [0.05, 0.1) is 25.5 Å². The van der Waals surface area contributed by atoms with E-state index in [4.69, 9.17) is 13.3 Å². The average Bonchev–Trinajstić information content (AvgIpc) is 3.35. The van der Waals surface area contributed by atoms with Crippen LogP contribution >= 0.6 is 0 Å². The summed E-state index contributed by atoms with van der Waals surface area (Å²) in [7, 11) is -3.33. The Bertz CT molecular complexity index is 1400. The van der Waals surface area contributed by atoms with Gasteiger partial charge >= 0.3 is 16.3 Å². The third-order valence-corrected chi connectivity index (χ3v) is 7.24. The fourth-order valence-corrected chi connectivity index (χ4v) is 5.45. The highest BCUT2D eigenvalue weighted by Crippen LogP contribution is 2.34. The fourth-order valence-electron chi connectivity index (χ4n) is 4.47. The molecule has 1 unspecified atom stereocenters. The summed E-state index contributed by atoms with van der Waals surface area (Å²) in [5.74, 6) is 0.432. The number of carbonyl (C=O) groups is 1. The molecule has 0 saturated carbocycles. The molecule has 0 radical (unpaired) electrons. The van der Waals surface area contributed by atoms with E-state index in [1.165, 1.54) is 25.5 Å². The van der Waals surface area contributed by atoms with Gasteiger partial charge in [0, 0.05) is 13.0 Å². The lowest BCUT2D eigenvalue weighted by molar-refractivity contribution is -0.137. The largest absolute Gasteiger partial charge is 0.493 e. The highest BCUT2D eigenvalue weighted by Gasteiger charge is 2.32. The van der Waals surface area contributed by atoms with E-state index in [1.54, 1.807) is 23.1 Å². The second-order valence-corrected chi connectivity index (χ2v) is 12.5. The third-order valence-electron chi connectivity index (χ3n) is 6.01. The summed E-state index contributed by atoms with van der Waals surface area (Å²) < 4.78 is 81.2. The molecule has 1 aromatic heterocycles. The predicted molar refractivity (Wildman–Crippen MR) is 143 cm³/mol. The highest BCUT2D eigenvalue weighted by atomic mass is 32.2. The van der Waals surface area contributed by atoms with Crippen molar-refractivity contribution in [3.8, 4) is 11.5 Å². The van der Waals surface area contributed by atoms with Crippen LogP contribution < -0.4 is 8.92 Å². The van der Waals surface area contributed by atoms with Gasteiger partial charge < -0.3 is 18.2 Å². The number of ether oxygens (including phenoxy) is 1. The van der Waals surface area contributed by atoms with Crippen molar-refractivity contribution in [2.75, 3.05) is 7.11 Å². The molecule has 0 N–H and O–H groups in total. The Morgan fingerprint density at radius 1 is 1.00 bits per heavy atom. The number of hydrogen-bond donors (Lipinski definition) is 0. The number of benzene rings is 2. The van der Waals surface area contributed by atoms with E-state index >= 15 is 0 Å². The molecule has 11 heteroatoms. The average molecular weight is 582 g/mol. The summed E-state index contributed by atoms with van der Waals surface area (Å²) >= 11 is 0. The van der Waals surface area contributed by atoms with Gasteiger partial charge in [-0.15, -0.1) is 0 Å². The molecule has 3 rings (SSSR count). The first-order chi connectivity index (χ1) is 18.6. The van der Waals surface area contributed by atoms with Crippen LogP contribution in [0.4, 0.5) is 13.2 Å². The molecule has 3 aromatic rings. The van der Waals surface area contributed by atoms with Gasteiger partial charge in [-0.3, -0.25) is 4.79 Å². The van der Waals surface area contributed by atoms with E-state index in [9.17, 15) is 26.4 Å². The van der Waals surface area contributed by atoms with E-state index in [0.29, 0.717) is 23.8 Å². The summed E-state index contributed by atoms with van der Waals surface area (Å²) in [6.45, 7) is 8.65. The molecule has 0 aliphatic rings. The lowest BCUT2D eigenvalue weighted by Gasteiger charge is -2.27. The second kappa shape index (κ2) is 12.4. The zero-order valence-corrected chi connectivity index (χ0v) is 23.9. The van der Waals surface area contributed by atoms with Crippen LogP contribution in [0.15, 0.2) is 70.2 Å². The van der Waals surface area contributed by atoms with Crippen molar-refractivity contribution < 1.29 is 39.7 Å². The van der Waals surface area contributed by atoms with Crippen LogP contribution in [0.2, 0.25) is 0 Å². The van der Waals surface area contributed by atoms with Crippen molar-refractivity contribution in [1.82, 2.24) is 4.90 Å². The van der Waals surface area contributed by atoms with E-state index in [-0.39, 0.29) is 41.8 Å². The molecular weight excluding hydrogens is 547 g/mol. The van der Waals surface area contributed by atoms with Crippen molar-refractivity contribution in [3.63, 3.8) is 0 Å². The number of furan rings is 1. The van der Waals surface area contributed by atoms with E-state index in [0.717, 1.165) is 24.6 Å². The number of hydrogen-bond acceptors (Lipinski definition) is 6. The summed E-state index contributed by atoms with van der Waals surface area (Å²) in [6.07, 6.45) is -2.06. The van der Waals surface area contributed by atoms with Crippen LogP contribution in [-0.2, 0) is 34.2 Å². The number of nitrogens with zero attached hydrogens (tertiary/aromatic N) is 1. The monoisotopic (exact) mass is 581 g/mol. The standard InChI is InChI=1S/C29H34F3NO6S/c1-20(17-28(2,3)4)14-27(34)33(19-23-9-7-13-38-23)18-21-11-12-25(37-5)26(15-21)39-40(35,36)24-10-6-8-22(16-24)29(30,31)32/h6-13,15-16,20H,14,17-19H2,1-5H3. The van der Waals surface area contributed by atoms with Crippen molar-refractivity contribution in [2.45, 2.75) is 64.7 Å². The Balaban J connectivity index is 1.88. The van der Waals surface area contributed by atoms with Crippen LogP contribution in [0.3, 0.4) is 0 Å². The Hall–Kier alpha value is -3.47. The third kappa shape index (κ3) is 8.77. The molecule has 2 aromatic carbocycles. The lowest BCUT2D eigenvalue weighted by atomic mass is 9.84. The Morgan fingerprint density at radius 2 is 1.73 bits per heavy atom. The van der Waals surface area contributed by atoms with Gasteiger partial charge in [0.1, 0.15) is 10.7 Å². The van der Waals surface area contributed by atoms with Gasteiger partial charge in [-0.1, -0.05) is 39.8 Å². The molecular formula is C29H34F3NO6S. The molecule has 1 atom stereocenters. The first kappa shape index (κ1) is 31.1. The topological polar surface area (TPSA) is 86.0 Å². The molecule has 7 nitrogen and oxygen atoms in total. The van der Waals surface area contributed by atoms with E-state index in [2.05, 4.69) is 20.8 Å². The van der Waals surface area contributed by atoms with Gasteiger partial charge in [0.25, 0.3) is 0 Å². The molecule has 1 amide bonds. The minimum atomic E-state index is -4.72. The smallest absolute Gasteiger partial charge is 0.416 e. The molecule has 1 heterocycles. The summed E-state index contributed by atoms with van der Waals surface area (Å²) in [4.78, 5) is 14.3. The fraction of sp³-hybridized carbons (Fsp3) is 0.414. The van der Waals surface area contributed by atoms with Crippen LogP contribution in [0.5, 0.6) is 11.5 Å². The second-order valence-electron chi connectivity index (χ2n) is 11.0. The summed E-state index contributed by atoms with van der Waals surface area (Å²) in [5, 5.41) is 0. The number of halogens is 3. The van der Waals surface area contributed by atoms with E-state index < -0.39 is 26.8 Å². The molecule has 0 bridgehead atoms. The highest BCUT2D eigenvalue weighted by molar-refractivity contribution is 7.87. The molecule has 0 saturated heterocycles. The van der Waals surface area contributed by atoms with Gasteiger partial charge in [-0.25, -0.2) is 0 Å². The minimum absolute atomic E-state index is 0.0544. The lowest BCUT2D eigenvalue weighted by Crippen LogP contribution is -2.31. The molecule has 40 heavy (non-hydrogen) atoms. The Kier molecular flexibility index (Phi) is 9.60. The number of carbonyl (C=O) groups excluding carboxylic acids is 1. The van der Waals surface area contributed by atoms with Crippen LogP contribution in [0, 0.1) is 11.3 Å². The summed E-state index contributed by atoms with van der Waals surface area (Å²) in [5.41, 5.74) is -0.539. The van der Waals surface area contributed by atoms with Crippen LogP contribution in [0.25, 0.3) is 0 Å².